The minimum atomic E-state index is 0.139. The fraction of sp³-hybridized carbons (Fsp3) is 0.417. The molecule has 15 heavy (non-hydrogen) atoms. The highest BCUT2D eigenvalue weighted by molar-refractivity contribution is 9.10. The molecular formula is C12H14BrNO. The summed E-state index contributed by atoms with van der Waals surface area (Å²) in [5.41, 5.74) is 2.36. The molecule has 0 saturated heterocycles. The number of carbonyl (C=O) groups is 1. The van der Waals surface area contributed by atoms with Gasteiger partial charge < -0.3 is 4.90 Å². The van der Waals surface area contributed by atoms with Crippen molar-refractivity contribution in [2.75, 3.05) is 11.4 Å². The van der Waals surface area contributed by atoms with Crippen LogP contribution in [0, 0.1) is 0 Å². The zero-order valence-electron chi connectivity index (χ0n) is 8.79. The Balaban J connectivity index is 2.45. The normalized spacial score (nSPS) is 15.7. The lowest BCUT2D eigenvalue weighted by Gasteiger charge is -2.21. The lowest BCUT2D eigenvalue weighted by Crippen LogP contribution is -2.29. The van der Waals surface area contributed by atoms with Gasteiger partial charge in [-0.1, -0.05) is 15.9 Å². The summed E-state index contributed by atoms with van der Waals surface area (Å²) in [5.74, 6) is 0.139. The fourth-order valence-corrected chi connectivity index (χ4v) is 2.46. The highest BCUT2D eigenvalue weighted by Gasteiger charge is 2.17. The summed E-state index contributed by atoms with van der Waals surface area (Å²) in [6, 6.07) is 6.16. The van der Waals surface area contributed by atoms with E-state index in [0.717, 1.165) is 36.0 Å². The highest BCUT2D eigenvalue weighted by Crippen LogP contribution is 2.29. The largest absolute Gasteiger partial charge is 0.312 e. The van der Waals surface area contributed by atoms with Gasteiger partial charge in [-0.15, -0.1) is 0 Å². The molecule has 0 radical (unpaired) electrons. The van der Waals surface area contributed by atoms with Gasteiger partial charge in [0.1, 0.15) is 0 Å². The van der Waals surface area contributed by atoms with Gasteiger partial charge in [-0.3, -0.25) is 4.79 Å². The quantitative estimate of drug-likeness (QED) is 0.707. The Kier molecular flexibility index (Phi) is 3.10. The summed E-state index contributed by atoms with van der Waals surface area (Å²) in [4.78, 5) is 13.4. The number of rotatable bonds is 0. The topological polar surface area (TPSA) is 20.3 Å². The van der Waals surface area contributed by atoms with E-state index in [0.29, 0.717) is 0 Å². The van der Waals surface area contributed by atoms with E-state index < -0.39 is 0 Å². The molecule has 2 rings (SSSR count). The van der Waals surface area contributed by atoms with E-state index in [-0.39, 0.29) is 5.91 Å². The fourth-order valence-electron chi connectivity index (χ4n) is 2.05. The molecule has 1 aromatic carbocycles. The number of hydrogen-bond acceptors (Lipinski definition) is 1. The van der Waals surface area contributed by atoms with Gasteiger partial charge in [-0.25, -0.2) is 0 Å². The first kappa shape index (κ1) is 10.7. The van der Waals surface area contributed by atoms with E-state index in [1.54, 1.807) is 6.92 Å². The third-order valence-electron chi connectivity index (χ3n) is 2.79. The van der Waals surface area contributed by atoms with Crippen molar-refractivity contribution in [1.82, 2.24) is 0 Å². The molecule has 0 unspecified atom stereocenters. The number of anilines is 1. The zero-order chi connectivity index (χ0) is 10.8. The smallest absolute Gasteiger partial charge is 0.223 e. The molecule has 1 aromatic rings. The molecule has 2 nitrogen and oxygen atoms in total. The number of nitrogens with zero attached hydrogens (tertiary/aromatic N) is 1. The lowest BCUT2D eigenvalue weighted by atomic mass is 10.1. The molecular weight excluding hydrogens is 254 g/mol. The maximum absolute atomic E-state index is 11.5. The number of carbonyl (C=O) groups excluding carboxylic acids is 1. The van der Waals surface area contributed by atoms with Crippen LogP contribution in [0.15, 0.2) is 22.7 Å². The third-order valence-corrected chi connectivity index (χ3v) is 3.28. The molecule has 1 amide bonds. The summed E-state index contributed by atoms with van der Waals surface area (Å²) < 4.78 is 1.09. The van der Waals surface area contributed by atoms with Gasteiger partial charge in [0, 0.05) is 23.6 Å². The molecule has 1 heterocycles. The molecule has 3 heteroatoms. The number of aryl methyl sites for hydroxylation is 1. The minimum absolute atomic E-state index is 0.139. The number of hydrogen-bond donors (Lipinski definition) is 0. The Morgan fingerprint density at radius 1 is 1.40 bits per heavy atom. The van der Waals surface area contributed by atoms with Crippen LogP contribution in [0.4, 0.5) is 5.69 Å². The Bertz CT molecular complexity index is 389. The average Bonchev–Trinajstić information content (AvgIpc) is 2.38. The summed E-state index contributed by atoms with van der Waals surface area (Å²) in [5, 5.41) is 0. The van der Waals surface area contributed by atoms with Gasteiger partial charge in [0.2, 0.25) is 5.91 Å². The van der Waals surface area contributed by atoms with Gasteiger partial charge in [0.05, 0.1) is 0 Å². The van der Waals surface area contributed by atoms with Gasteiger partial charge in [-0.2, -0.15) is 0 Å². The maximum atomic E-state index is 11.5. The van der Waals surface area contributed by atoms with Crippen molar-refractivity contribution >= 4 is 27.5 Å². The lowest BCUT2D eigenvalue weighted by molar-refractivity contribution is -0.116. The molecule has 1 aliphatic rings. The second-order valence-corrected chi connectivity index (χ2v) is 4.82. The summed E-state index contributed by atoms with van der Waals surface area (Å²) in [6.07, 6.45) is 3.32. The van der Waals surface area contributed by atoms with Gasteiger partial charge in [0.25, 0.3) is 0 Å². The molecule has 0 N–H and O–H groups in total. The molecule has 0 saturated carbocycles. The van der Waals surface area contributed by atoms with Crippen molar-refractivity contribution in [3.05, 3.63) is 28.2 Å². The second kappa shape index (κ2) is 4.35. The maximum Gasteiger partial charge on any atom is 0.223 e. The second-order valence-electron chi connectivity index (χ2n) is 3.90. The van der Waals surface area contributed by atoms with Crippen molar-refractivity contribution in [3.8, 4) is 0 Å². The first-order chi connectivity index (χ1) is 7.18. The molecule has 1 aliphatic heterocycles. The van der Waals surface area contributed by atoms with Crippen molar-refractivity contribution in [1.29, 1.82) is 0 Å². The van der Waals surface area contributed by atoms with E-state index in [4.69, 9.17) is 0 Å². The van der Waals surface area contributed by atoms with Crippen LogP contribution < -0.4 is 4.90 Å². The molecule has 0 spiro atoms. The van der Waals surface area contributed by atoms with Crippen molar-refractivity contribution in [3.63, 3.8) is 0 Å². The third kappa shape index (κ3) is 2.23. The minimum Gasteiger partial charge on any atom is -0.312 e. The molecule has 0 fully saturated rings. The molecule has 0 atom stereocenters. The predicted octanol–water partition coefficient (Wildman–Crippen LogP) is 3.14. The molecule has 0 bridgehead atoms. The first-order valence-electron chi connectivity index (χ1n) is 5.25. The van der Waals surface area contributed by atoms with Crippen LogP contribution in [0.2, 0.25) is 0 Å². The monoisotopic (exact) mass is 267 g/mol. The van der Waals surface area contributed by atoms with E-state index in [1.165, 1.54) is 5.56 Å². The first-order valence-corrected chi connectivity index (χ1v) is 6.04. The van der Waals surface area contributed by atoms with Crippen LogP contribution >= 0.6 is 15.9 Å². The standard InChI is InChI=1S/C12H14BrNO/c1-9(15)14-7-3-2-4-10-8-11(13)5-6-12(10)14/h5-6,8H,2-4,7H2,1H3. The van der Waals surface area contributed by atoms with Gasteiger partial charge in [-0.05, 0) is 43.0 Å². The molecule has 0 aromatic heterocycles. The van der Waals surface area contributed by atoms with E-state index in [9.17, 15) is 4.79 Å². The SMILES string of the molecule is CC(=O)N1CCCCc2cc(Br)ccc21. The van der Waals surface area contributed by atoms with E-state index in [2.05, 4.69) is 22.0 Å². The predicted molar refractivity (Wildman–Crippen MR) is 65.1 cm³/mol. The van der Waals surface area contributed by atoms with Crippen LogP contribution in [0.25, 0.3) is 0 Å². The van der Waals surface area contributed by atoms with Crippen molar-refractivity contribution in [2.24, 2.45) is 0 Å². The van der Waals surface area contributed by atoms with Crippen LogP contribution in [-0.2, 0) is 11.2 Å². The van der Waals surface area contributed by atoms with Crippen LogP contribution in [0.1, 0.15) is 25.3 Å². The Labute approximate surface area is 98.4 Å². The number of amides is 1. The average molecular weight is 268 g/mol. The van der Waals surface area contributed by atoms with Crippen LogP contribution in [0.3, 0.4) is 0 Å². The van der Waals surface area contributed by atoms with E-state index >= 15 is 0 Å². The number of fused-ring (bicyclic) bond motifs is 1. The van der Waals surface area contributed by atoms with Crippen molar-refractivity contribution in [2.45, 2.75) is 26.2 Å². The highest BCUT2D eigenvalue weighted by atomic mass is 79.9. The van der Waals surface area contributed by atoms with Crippen LogP contribution in [-0.4, -0.2) is 12.5 Å². The van der Waals surface area contributed by atoms with E-state index in [1.807, 2.05) is 17.0 Å². The Morgan fingerprint density at radius 2 is 2.20 bits per heavy atom. The van der Waals surface area contributed by atoms with Crippen molar-refractivity contribution < 1.29 is 4.79 Å². The Morgan fingerprint density at radius 3 is 2.93 bits per heavy atom. The molecule has 0 aliphatic carbocycles. The summed E-state index contributed by atoms with van der Waals surface area (Å²) >= 11 is 3.47. The van der Waals surface area contributed by atoms with Crippen LogP contribution in [0.5, 0.6) is 0 Å². The number of halogens is 1. The summed E-state index contributed by atoms with van der Waals surface area (Å²) in [6.45, 7) is 2.49. The summed E-state index contributed by atoms with van der Waals surface area (Å²) in [7, 11) is 0. The van der Waals surface area contributed by atoms with Gasteiger partial charge >= 0.3 is 0 Å². The van der Waals surface area contributed by atoms with Gasteiger partial charge in [0.15, 0.2) is 0 Å². The Hall–Kier alpha value is -0.830. The number of benzene rings is 1. The zero-order valence-corrected chi connectivity index (χ0v) is 10.4. The molecule has 80 valence electrons.